The molecule has 0 aromatic heterocycles. The largest absolute Gasteiger partial charge is 0.496 e. The van der Waals surface area contributed by atoms with Crippen molar-refractivity contribution in [1.82, 2.24) is 0 Å². The number of para-hydroxylation sites is 3. The van der Waals surface area contributed by atoms with E-state index in [0.717, 1.165) is 28.4 Å². The monoisotopic (exact) mass is 276 g/mol. The van der Waals surface area contributed by atoms with Crippen molar-refractivity contribution in [3.63, 3.8) is 0 Å². The third kappa shape index (κ3) is 2.90. The molecule has 3 aromatic carbocycles. The van der Waals surface area contributed by atoms with Gasteiger partial charge in [0.25, 0.3) is 0 Å². The highest BCUT2D eigenvalue weighted by atomic mass is 16.5. The standard InChI is InChI=1S/C19H16O2/c1-20-18-13-7-5-11-16(18)17-12-6-8-14-19(17)21-15-9-3-2-4-10-15/h2-14H,1H3. The number of hydrogen-bond acceptors (Lipinski definition) is 2. The van der Waals surface area contributed by atoms with Gasteiger partial charge in [0, 0.05) is 11.1 Å². The van der Waals surface area contributed by atoms with E-state index in [0.29, 0.717) is 0 Å². The Labute approximate surface area is 124 Å². The molecule has 2 nitrogen and oxygen atoms in total. The first-order valence-electron chi connectivity index (χ1n) is 6.84. The van der Waals surface area contributed by atoms with Gasteiger partial charge in [0.2, 0.25) is 0 Å². The van der Waals surface area contributed by atoms with Crippen LogP contribution in [0.3, 0.4) is 0 Å². The van der Waals surface area contributed by atoms with Crippen molar-refractivity contribution >= 4 is 0 Å². The van der Waals surface area contributed by atoms with Gasteiger partial charge in [0.05, 0.1) is 7.11 Å². The van der Waals surface area contributed by atoms with E-state index in [1.807, 2.05) is 78.9 Å². The van der Waals surface area contributed by atoms with E-state index >= 15 is 0 Å². The Bertz CT molecular complexity index is 720. The van der Waals surface area contributed by atoms with Gasteiger partial charge < -0.3 is 9.47 Å². The summed E-state index contributed by atoms with van der Waals surface area (Å²) in [6.07, 6.45) is 0. The Kier molecular flexibility index (Phi) is 3.88. The Hall–Kier alpha value is -2.74. The van der Waals surface area contributed by atoms with Gasteiger partial charge in [-0.15, -0.1) is 0 Å². The van der Waals surface area contributed by atoms with Gasteiger partial charge in [-0.3, -0.25) is 0 Å². The van der Waals surface area contributed by atoms with E-state index < -0.39 is 0 Å². The highest BCUT2D eigenvalue weighted by Crippen LogP contribution is 2.37. The zero-order valence-electron chi connectivity index (χ0n) is 11.8. The molecule has 0 radical (unpaired) electrons. The minimum atomic E-state index is 0.813. The van der Waals surface area contributed by atoms with Crippen LogP contribution < -0.4 is 9.47 Å². The lowest BCUT2D eigenvalue weighted by atomic mass is 10.0. The second-order valence-corrected chi connectivity index (χ2v) is 4.61. The maximum absolute atomic E-state index is 6.01. The van der Waals surface area contributed by atoms with Gasteiger partial charge in [-0.25, -0.2) is 0 Å². The molecule has 0 heterocycles. The van der Waals surface area contributed by atoms with E-state index in [2.05, 4.69) is 0 Å². The molecule has 0 fully saturated rings. The molecule has 104 valence electrons. The van der Waals surface area contributed by atoms with Gasteiger partial charge in [-0.05, 0) is 24.3 Å². The van der Waals surface area contributed by atoms with Crippen molar-refractivity contribution in [2.75, 3.05) is 7.11 Å². The number of methoxy groups -OCH3 is 1. The van der Waals surface area contributed by atoms with E-state index in [4.69, 9.17) is 9.47 Å². The zero-order chi connectivity index (χ0) is 14.5. The van der Waals surface area contributed by atoms with Crippen molar-refractivity contribution in [3.05, 3.63) is 78.9 Å². The van der Waals surface area contributed by atoms with Crippen LogP contribution in [0.5, 0.6) is 17.2 Å². The molecule has 0 amide bonds. The second kappa shape index (κ2) is 6.14. The molecule has 0 unspecified atom stereocenters. The van der Waals surface area contributed by atoms with Gasteiger partial charge in [0.15, 0.2) is 0 Å². The molecule has 21 heavy (non-hydrogen) atoms. The average molecular weight is 276 g/mol. The lowest BCUT2D eigenvalue weighted by Crippen LogP contribution is -1.91. The summed E-state index contributed by atoms with van der Waals surface area (Å²) >= 11 is 0. The molecule has 2 heteroatoms. The maximum Gasteiger partial charge on any atom is 0.135 e. The van der Waals surface area contributed by atoms with E-state index in [9.17, 15) is 0 Å². The third-order valence-corrected chi connectivity index (χ3v) is 3.26. The SMILES string of the molecule is COc1ccccc1-c1ccccc1Oc1ccccc1. The van der Waals surface area contributed by atoms with Crippen LogP contribution in [0, 0.1) is 0 Å². The van der Waals surface area contributed by atoms with Crippen LogP contribution in [-0.4, -0.2) is 7.11 Å². The van der Waals surface area contributed by atoms with E-state index in [-0.39, 0.29) is 0 Å². The van der Waals surface area contributed by atoms with Gasteiger partial charge in [-0.2, -0.15) is 0 Å². The average Bonchev–Trinajstić information content (AvgIpc) is 2.56. The summed E-state index contributed by atoms with van der Waals surface area (Å²) in [4.78, 5) is 0. The summed E-state index contributed by atoms with van der Waals surface area (Å²) in [5.74, 6) is 2.47. The van der Waals surface area contributed by atoms with Crippen molar-refractivity contribution in [2.45, 2.75) is 0 Å². The van der Waals surface area contributed by atoms with Crippen LogP contribution in [0.15, 0.2) is 78.9 Å². The maximum atomic E-state index is 6.01. The molecule has 0 bridgehead atoms. The first-order valence-corrected chi connectivity index (χ1v) is 6.84. The molecule has 0 saturated heterocycles. The Morgan fingerprint density at radius 1 is 0.571 bits per heavy atom. The van der Waals surface area contributed by atoms with Crippen molar-refractivity contribution in [1.29, 1.82) is 0 Å². The van der Waals surface area contributed by atoms with Crippen LogP contribution in [-0.2, 0) is 0 Å². The summed E-state index contributed by atoms with van der Waals surface area (Å²) in [5, 5.41) is 0. The molecule has 0 saturated carbocycles. The summed E-state index contributed by atoms with van der Waals surface area (Å²) < 4.78 is 11.5. The van der Waals surface area contributed by atoms with Crippen molar-refractivity contribution in [2.24, 2.45) is 0 Å². The highest BCUT2D eigenvalue weighted by Gasteiger charge is 2.10. The molecular weight excluding hydrogens is 260 g/mol. The fourth-order valence-electron chi connectivity index (χ4n) is 2.26. The first-order chi connectivity index (χ1) is 10.4. The fourth-order valence-corrected chi connectivity index (χ4v) is 2.26. The van der Waals surface area contributed by atoms with E-state index in [1.165, 1.54) is 0 Å². The lowest BCUT2D eigenvalue weighted by Gasteiger charge is -2.13. The van der Waals surface area contributed by atoms with Crippen LogP contribution in [0.2, 0.25) is 0 Å². The van der Waals surface area contributed by atoms with Crippen LogP contribution in [0.4, 0.5) is 0 Å². The molecule has 0 spiro atoms. The number of benzene rings is 3. The molecule has 0 aliphatic heterocycles. The normalized spacial score (nSPS) is 10.1. The summed E-state index contributed by atoms with van der Waals surface area (Å²) in [6.45, 7) is 0. The minimum Gasteiger partial charge on any atom is -0.496 e. The highest BCUT2D eigenvalue weighted by molar-refractivity contribution is 5.76. The topological polar surface area (TPSA) is 18.5 Å². The predicted molar refractivity (Wildman–Crippen MR) is 84.9 cm³/mol. The number of hydrogen-bond donors (Lipinski definition) is 0. The molecule has 0 atom stereocenters. The second-order valence-electron chi connectivity index (χ2n) is 4.61. The van der Waals surface area contributed by atoms with Crippen molar-refractivity contribution in [3.8, 4) is 28.4 Å². The zero-order valence-corrected chi connectivity index (χ0v) is 11.8. The number of ether oxygens (including phenoxy) is 2. The lowest BCUT2D eigenvalue weighted by molar-refractivity contribution is 0.416. The molecular formula is C19H16O2. The van der Waals surface area contributed by atoms with Crippen LogP contribution >= 0.6 is 0 Å². The predicted octanol–water partition coefficient (Wildman–Crippen LogP) is 5.15. The summed E-state index contributed by atoms with van der Waals surface area (Å²) in [7, 11) is 1.68. The summed E-state index contributed by atoms with van der Waals surface area (Å²) in [5.41, 5.74) is 2.03. The van der Waals surface area contributed by atoms with Crippen LogP contribution in [0.25, 0.3) is 11.1 Å². The fraction of sp³-hybridized carbons (Fsp3) is 0.0526. The molecule has 3 rings (SSSR count). The summed E-state index contributed by atoms with van der Waals surface area (Å²) in [6, 6.07) is 25.7. The smallest absolute Gasteiger partial charge is 0.135 e. The number of rotatable bonds is 4. The van der Waals surface area contributed by atoms with Gasteiger partial charge in [-0.1, -0.05) is 54.6 Å². The molecule has 0 aliphatic rings. The molecule has 3 aromatic rings. The molecule has 0 aliphatic carbocycles. The first kappa shape index (κ1) is 13.3. The van der Waals surface area contributed by atoms with Gasteiger partial charge >= 0.3 is 0 Å². The van der Waals surface area contributed by atoms with Crippen LogP contribution in [0.1, 0.15) is 0 Å². The minimum absolute atomic E-state index is 0.813. The van der Waals surface area contributed by atoms with E-state index in [1.54, 1.807) is 7.11 Å². The Morgan fingerprint density at radius 2 is 1.10 bits per heavy atom. The Morgan fingerprint density at radius 3 is 1.76 bits per heavy atom. The van der Waals surface area contributed by atoms with Crippen molar-refractivity contribution < 1.29 is 9.47 Å². The van der Waals surface area contributed by atoms with Gasteiger partial charge in [0.1, 0.15) is 17.2 Å². The third-order valence-electron chi connectivity index (χ3n) is 3.26. The molecule has 0 N–H and O–H groups in total. The quantitative estimate of drug-likeness (QED) is 0.655. The Balaban J connectivity index is 2.04.